The van der Waals surface area contributed by atoms with Crippen LogP contribution in [0.1, 0.15) is 0 Å². The maximum Gasteiger partial charge on any atom is 0.344 e. The minimum Gasteiger partial charge on any atom is -0.417 e. The topological polar surface area (TPSA) is 36.9 Å². The predicted octanol–water partition coefficient (Wildman–Crippen LogP) is 1.46. The van der Waals surface area contributed by atoms with Crippen LogP contribution in [0.3, 0.4) is 0 Å². The molecule has 2 atom stereocenters. The van der Waals surface area contributed by atoms with Crippen molar-refractivity contribution < 1.29 is 16.5 Å². The van der Waals surface area contributed by atoms with Gasteiger partial charge < -0.3 is 16.5 Å². The van der Waals surface area contributed by atoms with E-state index in [1.54, 1.807) is 17.1 Å². The summed E-state index contributed by atoms with van der Waals surface area (Å²) in [5, 5.41) is 0. The lowest BCUT2D eigenvalue weighted by atomic mass is 11.3. The van der Waals surface area contributed by atoms with E-state index in [0.29, 0.717) is 0 Å². The maximum atomic E-state index is 6.10. The summed E-state index contributed by atoms with van der Waals surface area (Å²) in [6.07, 6.45) is 0. The largest absolute Gasteiger partial charge is 0.417 e. The lowest BCUT2D eigenvalue weighted by Gasteiger charge is -2.41. The van der Waals surface area contributed by atoms with Crippen LogP contribution in [0.25, 0.3) is 0 Å². The number of rotatable bonds is 3. The van der Waals surface area contributed by atoms with E-state index in [9.17, 15) is 0 Å². The summed E-state index contributed by atoms with van der Waals surface area (Å²) in [5.74, 6) is 0. The first-order valence-electron chi connectivity index (χ1n) is 5.39. The van der Waals surface area contributed by atoms with Gasteiger partial charge in [-0.25, -0.2) is 0 Å². The van der Waals surface area contributed by atoms with Crippen molar-refractivity contribution in [2.75, 3.05) is 0 Å². The van der Waals surface area contributed by atoms with Crippen LogP contribution in [-0.2, 0) is 16.5 Å². The molecule has 0 spiro atoms. The van der Waals surface area contributed by atoms with Gasteiger partial charge in [-0.1, -0.05) is 17.1 Å². The second-order valence-corrected chi connectivity index (χ2v) is 15.8. The molecule has 1 fully saturated rings. The van der Waals surface area contributed by atoms with Gasteiger partial charge in [-0.2, -0.15) is 0 Å². The summed E-state index contributed by atoms with van der Waals surface area (Å²) in [4.78, 5) is 0. The van der Waals surface area contributed by atoms with E-state index in [-0.39, 0.29) is 0 Å². The van der Waals surface area contributed by atoms with Gasteiger partial charge in [0.05, 0.1) is 0 Å². The Hall–Kier alpha value is -0.0725. The Morgan fingerprint density at radius 1 is 0.765 bits per heavy atom. The van der Waals surface area contributed by atoms with Gasteiger partial charge in [0.1, 0.15) is 0 Å². The second-order valence-electron chi connectivity index (χ2n) is 4.27. The Bertz CT molecular complexity index is 313. The summed E-state index contributed by atoms with van der Waals surface area (Å²) in [5.41, 5.74) is 5.29. The smallest absolute Gasteiger partial charge is 0.344 e. The highest BCUT2D eigenvalue weighted by atomic mass is 28.5. The molecule has 1 heterocycles. The van der Waals surface area contributed by atoms with Crippen LogP contribution in [0, 0.1) is 0 Å². The third-order valence-electron chi connectivity index (χ3n) is 2.61. The van der Waals surface area contributed by atoms with E-state index in [1.807, 2.05) is 19.6 Å². The van der Waals surface area contributed by atoms with Crippen LogP contribution in [0.5, 0.6) is 0 Å². The molecule has 1 rings (SSSR count). The van der Waals surface area contributed by atoms with Crippen molar-refractivity contribution in [3.05, 3.63) is 36.8 Å². The fourth-order valence-electron chi connectivity index (χ4n) is 1.43. The summed E-state index contributed by atoms with van der Waals surface area (Å²) < 4.78 is 23.8. The normalized spacial score (nSPS) is 44.6. The van der Waals surface area contributed by atoms with Crippen LogP contribution in [0.2, 0.25) is 19.6 Å². The minimum atomic E-state index is -2.49. The van der Waals surface area contributed by atoms with Crippen molar-refractivity contribution in [1.82, 2.24) is 0 Å². The van der Waals surface area contributed by atoms with Gasteiger partial charge in [0.2, 0.25) is 0 Å². The minimum absolute atomic E-state index is 1.12. The van der Waals surface area contributed by atoms with Gasteiger partial charge in [-0.15, -0.1) is 19.7 Å². The van der Waals surface area contributed by atoms with Crippen molar-refractivity contribution in [3.8, 4) is 0 Å². The van der Waals surface area contributed by atoms with Gasteiger partial charge >= 0.3 is 25.7 Å². The average molecular weight is 305 g/mol. The zero-order chi connectivity index (χ0) is 13.2. The third kappa shape index (κ3) is 3.69. The quantitative estimate of drug-likeness (QED) is 0.740. The molecule has 0 radical (unpaired) electrons. The Balaban J connectivity index is 3.01. The zero-order valence-corrected chi connectivity index (χ0v) is 15.1. The van der Waals surface area contributed by atoms with E-state index < -0.39 is 35.7 Å². The molecule has 0 bridgehead atoms. The van der Waals surface area contributed by atoms with Gasteiger partial charge in [0.15, 0.2) is 0 Å². The summed E-state index contributed by atoms with van der Waals surface area (Å²) in [6, 6.07) is 0. The molecule has 0 amide bonds. The maximum absolute atomic E-state index is 6.10. The third-order valence-corrected chi connectivity index (χ3v) is 16.9. The Kier molecular flexibility index (Phi) is 4.65. The molecule has 2 unspecified atom stereocenters. The van der Waals surface area contributed by atoms with E-state index in [4.69, 9.17) is 16.5 Å². The van der Waals surface area contributed by atoms with Crippen LogP contribution in [-0.4, -0.2) is 35.7 Å². The molecule has 1 saturated heterocycles. The molecule has 17 heavy (non-hydrogen) atoms. The van der Waals surface area contributed by atoms with E-state index in [2.05, 4.69) is 19.7 Å². The Morgan fingerprint density at radius 2 is 1.12 bits per heavy atom. The highest BCUT2D eigenvalue weighted by Crippen LogP contribution is 2.25. The van der Waals surface area contributed by atoms with Crippen molar-refractivity contribution in [3.63, 3.8) is 0 Å². The van der Waals surface area contributed by atoms with Crippen LogP contribution < -0.4 is 0 Å². The fraction of sp³-hybridized carbons (Fsp3) is 0.333. The first kappa shape index (κ1) is 15.0. The van der Waals surface area contributed by atoms with E-state index in [1.165, 1.54) is 0 Å². The van der Waals surface area contributed by atoms with Gasteiger partial charge in [-0.3, -0.25) is 0 Å². The SMILES string of the molecule is C=C[Si]1(C)O[SiH2]O[Si](C)(C=C)O[Si](C)(C=C)O1. The molecule has 1 aliphatic heterocycles. The van der Waals surface area contributed by atoms with Gasteiger partial charge in [0, 0.05) is 0 Å². The summed E-state index contributed by atoms with van der Waals surface area (Å²) in [7, 11) is -8.35. The summed E-state index contributed by atoms with van der Waals surface area (Å²) in [6.45, 7) is 17.2. The van der Waals surface area contributed by atoms with Crippen LogP contribution >= 0.6 is 0 Å². The first-order valence-corrected chi connectivity index (χ1v) is 13.7. The molecule has 0 saturated carbocycles. The molecular formula is C9H20O4Si4. The molecule has 0 aromatic rings. The molecule has 0 N–H and O–H groups in total. The molecule has 0 aromatic carbocycles. The molecule has 96 valence electrons. The van der Waals surface area contributed by atoms with Gasteiger partial charge in [-0.05, 0) is 19.6 Å². The highest BCUT2D eigenvalue weighted by Gasteiger charge is 2.47. The van der Waals surface area contributed by atoms with Crippen molar-refractivity contribution in [2.24, 2.45) is 0 Å². The molecule has 8 heteroatoms. The standard InChI is InChI=1S/C9H20O4Si4/c1-7-15(4)10-14-11-16(5,8-2)13-17(6,9-3)12-15/h7-9H,1-3,14H2,4-6H3. The van der Waals surface area contributed by atoms with Crippen molar-refractivity contribution in [1.29, 1.82) is 0 Å². The number of hydrogen-bond donors (Lipinski definition) is 0. The average Bonchev–Trinajstić information content (AvgIpc) is 2.27. The zero-order valence-electron chi connectivity index (χ0n) is 10.7. The van der Waals surface area contributed by atoms with Crippen LogP contribution in [0.4, 0.5) is 0 Å². The second kappa shape index (κ2) is 5.28. The first-order chi connectivity index (χ1) is 7.80. The van der Waals surface area contributed by atoms with Crippen molar-refractivity contribution >= 4 is 35.7 Å². The van der Waals surface area contributed by atoms with E-state index in [0.717, 1.165) is 0 Å². The Morgan fingerprint density at radius 3 is 1.41 bits per heavy atom. The van der Waals surface area contributed by atoms with E-state index >= 15 is 0 Å². The molecular weight excluding hydrogens is 284 g/mol. The highest BCUT2D eigenvalue weighted by molar-refractivity contribution is 6.93. The Labute approximate surface area is 109 Å². The molecule has 0 aliphatic carbocycles. The fourth-order valence-corrected chi connectivity index (χ4v) is 14.9. The lowest BCUT2D eigenvalue weighted by Crippen LogP contribution is -2.59. The molecule has 0 aromatic heterocycles. The monoisotopic (exact) mass is 304 g/mol. The lowest BCUT2D eigenvalue weighted by molar-refractivity contribution is 0.272. The predicted molar refractivity (Wildman–Crippen MR) is 78.3 cm³/mol. The van der Waals surface area contributed by atoms with Crippen molar-refractivity contribution in [2.45, 2.75) is 19.6 Å². The number of hydrogen-bond acceptors (Lipinski definition) is 4. The van der Waals surface area contributed by atoms with Gasteiger partial charge in [0.25, 0.3) is 10.0 Å². The van der Waals surface area contributed by atoms with Crippen LogP contribution in [0.15, 0.2) is 36.8 Å². The molecule has 1 aliphatic rings. The molecule has 4 nitrogen and oxygen atoms in total. The summed E-state index contributed by atoms with van der Waals surface area (Å²) >= 11 is 0.